The number of carbonyl (C=O) groups excluding carboxylic acids is 1. The van der Waals surface area contributed by atoms with E-state index in [2.05, 4.69) is 28.5 Å². The van der Waals surface area contributed by atoms with Crippen LogP contribution in [0.2, 0.25) is 0 Å². The van der Waals surface area contributed by atoms with E-state index in [1.165, 1.54) is 22.9 Å². The van der Waals surface area contributed by atoms with Crippen LogP contribution >= 0.6 is 11.8 Å². The molecule has 0 fully saturated rings. The van der Waals surface area contributed by atoms with Gasteiger partial charge in [-0.05, 0) is 48.8 Å². The van der Waals surface area contributed by atoms with Gasteiger partial charge in [0.25, 0.3) is 5.91 Å². The average molecular weight is 298 g/mol. The Balaban J connectivity index is 1.83. The molecule has 1 aromatic heterocycles. The number of amides is 1. The van der Waals surface area contributed by atoms with Crippen molar-refractivity contribution in [3.8, 4) is 0 Å². The highest BCUT2D eigenvalue weighted by molar-refractivity contribution is 7.98. The Kier molecular flexibility index (Phi) is 4.25. The molecule has 21 heavy (non-hydrogen) atoms. The van der Waals surface area contributed by atoms with Gasteiger partial charge >= 0.3 is 0 Å². The van der Waals surface area contributed by atoms with Gasteiger partial charge in [-0.2, -0.15) is 0 Å². The fourth-order valence-corrected chi connectivity index (χ4v) is 3.41. The van der Waals surface area contributed by atoms with Crippen LogP contribution in [0, 0.1) is 0 Å². The molecule has 1 N–H and O–H groups in total. The van der Waals surface area contributed by atoms with Crippen molar-refractivity contribution in [3.05, 3.63) is 59.3 Å². The molecule has 1 aromatic carbocycles. The van der Waals surface area contributed by atoms with Crippen LogP contribution in [0.15, 0.2) is 47.6 Å². The minimum Gasteiger partial charge on any atom is -0.345 e. The predicted molar refractivity (Wildman–Crippen MR) is 85.6 cm³/mol. The summed E-state index contributed by atoms with van der Waals surface area (Å²) in [5.41, 5.74) is 3.27. The zero-order chi connectivity index (χ0) is 14.7. The summed E-state index contributed by atoms with van der Waals surface area (Å²) in [6, 6.07) is 12.1. The summed E-state index contributed by atoms with van der Waals surface area (Å²) >= 11 is 1.50. The standard InChI is InChI=1S/C17H18N2OS/c1-21-17-14(9-5-11-18-17)16(20)19-15-10-4-7-12-6-2-3-8-13(12)15/h2-3,5-6,8-9,11,15H,4,7,10H2,1H3,(H,19,20)/t15-/m1/s1. The normalized spacial score (nSPS) is 17.1. The Morgan fingerprint density at radius 1 is 1.29 bits per heavy atom. The van der Waals surface area contributed by atoms with E-state index in [9.17, 15) is 4.79 Å². The van der Waals surface area contributed by atoms with Gasteiger partial charge in [0.05, 0.1) is 11.6 Å². The van der Waals surface area contributed by atoms with E-state index >= 15 is 0 Å². The highest BCUT2D eigenvalue weighted by atomic mass is 32.2. The molecule has 1 atom stereocenters. The number of rotatable bonds is 3. The highest BCUT2D eigenvalue weighted by Gasteiger charge is 2.22. The third-order valence-corrected chi connectivity index (χ3v) is 4.60. The van der Waals surface area contributed by atoms with Crippen molar-refractivity contribution in [3.63, 3.8) is 0 Å². The molecule has 1 aliphatic rings. The SMILES string of the molecule is CSc1ncccc1C(=O)N[C@@H]1CCCc2ccccc21. The molecule has 1 aliphatic carbocycles. The maximum Gasteiger partial charge on any atom is 0.254 e. The van der Waals surface area contributed by atoms with Gasteiger partial charge in [-0.1, -0.05) is 24.3 Å². The number of nitrogens with zero attached hydrogens (tertiary/aromatic N) is 1. The second-order valence-electron chi connectivity index (χ2n) is 5.18. The van der Waals surface area contributed by atoms with Crippen LogP contribution in [0.4, 0.5) is 0 Å². The zero-order valence-corrected chi connectivity index (χ0v) is 12.8. The van der Waals surface area contributed by atoms with Crippen LogP contribution in [0.3, 0.4) is 0 Å². The van der Waals surface area contributed by atoms with Crippen molar-refractivity contribution in [1.82, 2.24) is 10.3 Å². The van der Waals surface area contributed by atoms with E-state index in [-0.39, 0.29) is 11.9 Å². The molecule has 0 aliphatic heterocycles. The molecule has 0 saturated heterocycles. The predicted octanol–water partition coefficient (Wildman–Crippen LogP) is 3.61. The lowest BCUT2D eigenvalue weighted by Crippen LogP contribution is -2.31. The monoisotopic (exact) mass is 298 g/mol. The summed E-state index contributed by atoms with van der Waals surface area (Å²) in [6.45, 7) is 0. The Bertz CT molecular complexity index is 657. The summed E-state index contributed by atoms with van der Waals surface area (Å²) in [6.07, 6.45) is 6.88. The molecule has 3 rings (SSSR count). The van der Waals surface area contributed by atoms with Crippen molar-refractivity contribution >= 4 is 17.7 Å². The van der Waals surface area contributed by atoms with Crippen LogP contribution < -0.4 is 5.32 Å². The number of benzene rings is 1. The molecule has 0 spiro atoms. The molecule has 1 heterocycles. The summed E-state index contributed by atoms with van der Waals surface area (Å²) in [4.78, 5) is 16.8. The van der Waals surface area contributed by atoms with Crippen molar-refractivity contribution in [2.75, 3.05) is 6.26 Å². The number of aromatic nitrogens is 1. The number of hydrogen-bond donors (Lipinski definition) is 1. The lowest BCUT2D eigenvalue weighted by atomic mass is 9.87. The van der Waals surface area contributed by atoms with Gasteiger partial charge in [0.1, 0.15) is 5.03 Å². The van der Waals surface area contributed by atoms with E-state index < -0.39 is 0 Å². The summed E-state index contributed by atoms with van der Waals surface area (Å²) < 4.78 is 0. The molecular weight excluding hydrogens is 280 g/mol. The topological polar surface area (TPSA) is 42.0 Å². The van der Waals surface area contributed by atoms with E-state index in [1.807, 2.05) is 24.5 Å². The van der Waals surface area contributed by atoms with Crippen LogP contribution in [-0.2, 0) is 6.42 Å². The Morgan fingerprint density at radius 3 is 3.00 bits per heavy atom. The minimum absolute atomic E-state index is 0.0332. The lowest BCUT2D eigenvalue weighted by Gasteiger charge is -2.26. The smallest absolute Gasteiger partial charge is 0.254 e. The van der Waals surface area contributed by atoms with Gasteiger partial charge in [-0.3, -0.25) is 4.79 Å². The minimum atomic E-state index is -0.0332. The first-order valence-corrected chi connectivity index (χ1v) is 8.39. The first-order chi connectivity index (χ1) is 10.3. The number of hydrogen-bond acceptors (Lipinski definition) is 3. The molecule has 4 heteroatoms. The first kappa shape index (κ1) is 14.1. The van der Waals surface area contributed by atoms with Gasteiger partial charge in [-0.25, -0.2) is 4.98 Å². The van der Waals surface area contributed by atoms with Crippen LogP contribution in [0.1, 0.15) is 40.4 Å². The molecule has 3 nitrogen and oxygen atoms in total. The Labute approximate surface area is 129 Å². The Morgan fingerprint density at radius 2 is 2.14 bits per heavy atom. The molecule has 0 bridgehead atoms. The number of pyridine rings is 1. The number of nitrogens with one attached hydrogen (secondary N) is 1. The van der Waals surface area contributed by atoms with Gasteiger partial charge in [0.15, 0.2) is 0 Å². The van der Waals surface area contributed by atoms with E-state index in [0.717, 1.165) is 24.3 Å². The number of fused-ring (bicyclic) bond motifs is 1. The third kappa shape index (κ3) is 2.95. The Hall–Kier alpha value is -1.81. The van der Waals surface area contributed by atoms with Gasteiger partial charge in [-0.15, -0.1) is 11.8 Å². The summed E-state index contributed by atoms with van der Waals surface area (Å²) in [5, 5.41) is 3.95. The van der Waals surface area contributed by atoms with E-state index in [0.29, 0.717) is 5.56 Å². The molecule has 0 radical (unpaired) electrons. The highest BCUT2D eigenvalue weighted by Crippen LogP contribution is 2.30. The summed E-state index contributed by atoms with van der Waals surface area (Å²) in [7, 11) is 0. The molecule has 0 saturated carbocycles. The molecule has 0 unspecified atom stereocenters. The van der Waals surface area contributed by atoms with Crippen LogP contribution in [0.5, 0.6) is 0 Å². The van der Waals surface area contributed by atoms with Crippen molar-refractivity contribution in [2.24, 2.45) is 0 Å². The van der Waals surface area contributed by atoms with Gasteiger partial charge in [0, 0.05) is 6.20 Å². The van der Waals surface area contributed by atoms with Gasteiger partial charge in [0.2, 0.25) is 0 Å². The number of thioether (sulfide) groups is 1. The molecule has 108 valence electrons. The number of aryl methyl sites for hydroxylation is 1. The van der Waals surface area contributed by atoms with E-state index in [1.54, 1.807) is 6.20 Å². The van der Waals surface area contributed by atoms with Crippen LogP contribution in [-0.4, -0.2) is 17.1 Å². The number of carbonyl (C=O) groups is 1. The fourth-order valence-electron chi connectivity index (χ4n) is 2.87. The van der Waals surface area contributed by atoms with Crippen molar-refractivity contribution in [1.29, 1.82) is 0 Å². The molecule has 2 aromatic rings. The average Bonchev–Trinajstić information content (AvgIpc) is 2.55. The zero-order valence-electron chi connectivity index (χ0n) is 12.0. The maximum atomic E-state index is 12.5. The maximum absolute atomic E-state index is 12.5. The second kappa shape index (κ2) is 6.31. The first-order valence-electron chi connectivity index (χ1n) is 7.17. The largest absolute Gasteiger partial charge is 0.345 e. The van der Waals surface area contributed by atoms with Gasteiger partial charge < -0.3 is 5.32 Å². The van der Waals surface area contributed by atoms with Crippen molar-refractivity contribution < 1.29 is 4.79 Å². The summed E-state index contributed by atoms with van der Waals surface area (Å²) in [5.74, 6) is -0.0332. The van der Waals surface area contributed by atoms with E-state index in [4.69, 9.17) is 0 Å². The van der Waals surface area contributed by atoms with Crippen LogP contribution in [0.25, 0.3) is 0 Å². The lowest BCUT2D eigenvalue weighted by molar-refractivity contribution is 0.0929. The molecule has 1 amide bonds. The second-order valence-corrected chi connectivity index (χ2v) is 5.97. The third-order valence-electron chi connectivity index (χ3n) is 3.88. The quantitative estimate of drug-likeness (QED) is 0.880. The fraction of sp³-hybridized carbons (Fsp3) is 0.294. The van der Waals surface area contributed by atoms with Crippen molar-refractivity contribution in [2.45, 2.75) is 30.3 Å². The molecular formula is C17H18N2OS.